The van der Waals surface area contributed by atoms with Gasteiger partial charge in [0.1, 0.15) is 11.2 Å². The Labute approximate surface area is 151 Å². The maximum atomic E-state index is 12.7. The zero-order valence-electron chi connectivity index (χ0n) is 16.3. The molecule has 0 aromatic rings. The van der Waals surface area contributed by atoms with Crippen LogP contribution in [-0.2, 0) is 19.3 Å². The number of hydrogen-bond donors (Lipinski definition) is 0. The summed E-state index contributed by atoms with van der Waals surface area (Å²) in [6.07, 6.45) is 9.46. The molecule has 0 aromatic heterocycles. The molecule has 3 fully saturated rings. The molecule has 4 heteroatoms. The third kappa shape index (κ3) is 1.98. The molecule has 140 valence electrons. The highest BCUT2D eigenvalue weighted by molar-refractivity contribution is 5.77. The molecular weight excluding hydrogens is 316 g/mol. The number of hydrogen-bond acceptors (Lipinski definition) is 4. The van der Waals surface area contributed by atoms with Crippen LogP contribution < -0.4 is 0 Å². The summed E-state index contributed by atoms with van der Waals surface area (Å²) in [5.74, 6) is 0.610. The molecule has 0 amide bonds. The Hall–Kier alpha value is -0.870. The maximum Gasteiger partial charge on any atom is 0.311 e. The van der Waals surface area contributed by atoms with E-state index in [2.05, 4.69) is 33.8 Å². The first-order valence-electron chi connectivity index (χ1n) is 9.92. The van der Waals surface area contributed by atoms with Gasteiger partial charge in [0.15, 0.2) is 0 Å². The van der Waals surface area contributed by atoms with Crippen molar-refractivity contribution < 1.29 is 19.3 Å². The van der Waals surface area contributed by atoms with Gasteiger partial charge in [0.05, 0.1) is 12.5 Å². The van der Waals surface area contributed by atoms with Crippen molar-refractivity contribution in [3.05, 3.63) is 11.6 Å². The number of esters is 1. The van der Waals surface area contributed by atoms with Crippen molar-refractivity contribution in [2.75, 3.05) is 7.11 Å². The number of ether oxygens (including phenoxy) is 1. The van der Waals surface area contributed by atoms with Crippen LogP contribution in [0.2, 0.25) is 0 Å². The molecule has 0 radical (unpaired) electrons. The lowest BCUT2D eigenvalue weighted by Crippen LogP contribution is -2.68. The van der Waals surface area contributed by atoms with E-state index in [1.165, 1.54) is 12.7 Å². The van der Waals surface area contributed by atoms with Gasteiger partial charge in [-0.1, -0.05) is 27.2 Å². The number of rotatable bonds is 2. The molecule has 3 aliphatic carbocycles. The average Bonchev–Trinajstić information content (AvgIpc) is 2.61. The molecule has 1 spiro atoms. The third-order valence-corrected chi connectivity index (χ3v) is 8.33. The largest absolute Gasteiger partial charge is 0.469 e. The second-order valence-electron chi connectivity index (χ2n) is 9.54. The van der Waals surface area contributed by atoms with Gasteiger partial charge in [-0.15, -0.1) is 0 Å². The summed E-state index contributed by atoms with van der Waals surface area (Å²) in [4.78, 5) is 25.0. The zero-order chi connectivity index (χ0) is 18.1. The minimum atomic E-state index is -0.421. The fourth-order valence-corrected chi connectivity index (χ4v) is 6.67. The summed E-state index contributed by atoms with van der Waals surface area (Å²) in [6, 6.07) is 0. The SMILES string of the molecule is COC(=O)[C@]1(C)CCC[C@@]2(C)C1CCC1=C[C@@]3(C(C)C)CC[C@]12OO3. The Balaban J connectivity index is 1.79. The molecule has 25 heavy (non-hydrogen) atoms. The van der Waals surface area contributed by atoms with Crippen molar-refractivity contribution in [2.24, 2.45) is 22.7 Å². The van der Waals surface area contributed by atoms with Gasteiger partial charge in [-0.05, 0) is 68.9 Å². The standard InChI is InChI=1S/C21H32O4/c1-14(2)20-11-12-21(25-24-20)15(13-20)7-8-16-18(3,17(22)23-5)9-6-10-19(16,21)4/h13-14,16H,6-12H2,1-5H3/t16?,18-,19+,20-,21+/m1/s1. The minimum Gasteiger partial charge on any atom is -0.469 e. The first-order chi connectivity index (χ1) is 11.7. The molecule has 5 aliphatic rings. The summed E-state index contributed by atoms with van der Waals surface area (Å²) in [6.45, 7) is 8.86. The molecule has 2 heterocycles. The lowest BCUT2D eigenvalue weighted by Gasteiger charge is -2.66. The van der Waals surface area contributed by atoms with Crippen LogP contribution in [0.5, 0.6) is 0 Å². The highest BCUT2D eigenvalue weighted by atomic mass is 17.2. The molecule has 5 atom stereocenters. The van der Waals surface area contributed by atoms with Crippen molar-refractivity contribution in [3.63, 3.8) is 0 Å². The summed E-state index contributed by atoms with van der Waals surface area (Å²) < 4.78 is 5.22. The summed E-state index contributed by atoms with van der Waals surface area (Å²) in [5.41, 5.74) is 0.298. The van der Waals surface area contributed by atoms with E-state index in [-0.39, 0.29) is 28.5 Å². The zero-order valence-corrected chi connectivity index (χ0v) is 16.3. The normalized spacial score (nSPS) is 48.6. The average molecular weight is 348 g/mol. The van der Waals surface area contributed by atoms with Crippen LogP contribution in [0.1, 0.15) is 72.6 Å². The lowest BCUT2D eigenvalue weighted by molar-refractivity contribution is -0.465. The highest BCUT2D eigenvalue weighted by Gasteiger charge is 2.69. The van der Waals surface area contributed by atoms with Crippen molar-refractivity contribution in [2.45, 2.75) is 83.8 Å². The van der Waals surface area contributed by atoms with Gasteiger partial charge < -0.3 is 4.74 Å². The summed E-state index contributed by atoms with van der Waals surface area (Å²) >= 11 is 0. The Morgan fingerprint density at radius 2 is 1.96 bits per heavy atom. The smallest absolute Gasteiger partial charge is 0.311 e. The Morgan fingerprint density at radius 1 is 1.20 bits per heavy atom. The van der Waals surface area contributed by atoms with E-state index in [1.54, 1.807) is 0 Å². The van der Waals surface area contributed by atoms with Crippen molar-refractivity contribution in [3.8, 4) is 0 Å². The first-order valence-corrected chi connectivity index (χ1v) is 9.92. The highest BCUT2D eigenvalue weighted by Crippen LogP contribution is 2.68. The first kappa shape index (κ1) is 17.5. The molecule has 2 saturated carbocycles. The third-order valence-electron chi connectivity index (χ3n) is 8.33. The van der Waals surface area contributed by atoms with E-state index in [4.69, 9.17) is 14.5 Å². The fraction of sp³-hybridized carbons (Fsp3) is 0.857. The van der Waals surface area contributed by atoms with Crippen LogP contribution >= 0.6 is 0 Å². The Kier molecular flexibility index (Phi) is 3.73. The minimum absolute atomic E-state index is 0.0590. The van der Waals surface area contributed by atoms with E-state index in [9.17, 15) is 4.79 Å². The van der Waals surface area contributed by atoms with Gasteiger partial charge in [-0.2, -0.15) is 0 Å². The summed E-state index contributed by atoms with van der Waals surface area (Å²) in [5, 5.41) is 0. The van der Waals surface area contributed by atoms with Gasteiger partial charge in [-0.25, -0.2) is 9.78 Å². The molecule has 1 saturated heterocycles. The van der Waals surface area contributed by atoms with Crippen LogP contribution in [0.3, 0.4) is 0 Å². The molecule has 5 rings (SSSR count). The van der Waals surface area contributed by atoms with E-state index in [0.29, 0.717) is 5.92 Å². The molecule has 2 aliphatic heterocycles. The van der Waals surface area contributed by atoms with Gasteiger partial charge >= 0.3 is 5.97 Å². The van der Waals surface area contributed by atoms with Crippen molar-refractivity contribution in [1.82, 2.24) is 0 Å². The van der Waals surface area contributed by atoms with Gasteiger partial charge in [0.25, 0.3) is 0 Å². The van der Waals surface area contributed by atoms with Crippen LogP contribution in [-0.4, -0.2) is 24.3 Å². The number of carbonyl (C=O) groups is 1. The Bertz CT molecular complexity index is 613. The summed E-state index contributed by atoms with van der Waals surface area (Å²) in [7, 11) is 1.52. The fourth-order valence-electron chi connectivity index (χ4n) is 6.67. The molecular formula is C21H32O4. The Morgan fingerprint density at radius 3 is 2.56 bits per heavy atom. The molecule has 2 bridgehead atoms. The number of methoxy groups -OCH3 is 1. The van der Waals surface area contributed by atoms with Crippen LogP contribution in [0.15, 0.2) is 11.6 Å². The predicted octanol–water partition coefficient (Wildman–Crippen LogP) is 4.58. The van der Waals surface area contributed by atoms with Gasteiger partial charge in [0, 0.05) is 5.41 Å². The molecule has 4 nitrogen and oxygen atoms in total. The van der Waals surface area contributed by atoms with Crippen LogP contribution in [0.4, 0.5) is 0 Å². The lowest BCUT2D eigenvalue weighted by atomic mass is 9.43. The second kappa shape index (κ2) is 5.32. The second-order valence-corrected chi connectivity index (χ2v) is 9.54. The van der Waals surface area contributed by atoms with Crippen molar-refractivity contribution in [1.29, 1.82) is 0 Å². The molecule has 1 unspecified atom stereocenters. The quantitative estimate of drug-likeness (QED) is 0.416. The van der Waals surface area contributed by atoms with Crippen LogP contribution in [0.25, 0.3) is 0 Å². The molecule has 0 aromatic carbocycles. The monoisotopic (exact) mass is 348 g/mol. The van der Waals surface area contributed by atoms with E-state index in [1.807, 2.05) is 0 Å². The van der Waals surface area contributed by atoms with E-state index < -0.39 is 5.41 Å². The van der Waals surface area contributed by atoms with E-state index >= 15 is 0 Å². The van der Waals surface area contributed by atoms with Crippen molar-refractivity contribution >= 4 is 5.97 Å². The van der Waals surface area contributed by atoms with Crippen LogP contribution in [0, 0.1) is 22.7 Å². The topological polar surface area (TPSA) is 44.8 Å². The molecule has 0 N–H and O–H groups in total. The number of fused-ring (bicyclic) bond motifs is 3. The van der Waals surface area contributed by atoms with Gasteiger partial charge in [-0.3, -0.25) is 4.79 Å². The predicted molar refractivity (Wildman–Crippen MR) is 94.6 cm³/mol. The van der Waals surface area contributed by atoms with E-state index in [0.717, 1.165) is 44.9 Å². The maximum absolute atomic E-state index is 12.7. The van der Waals surface area contributed by atoms with Gasteiger partial charge in [0.2, 0.25) is 0 Å². The number of carbonyl (C=O) groups excluding carboxylic acids is 1.